The van der Waals surface area contributed by atoms with Crippen molar-refractivity contribution in [3.05, 3.63) is 48.2 Å². The van der Waals surface area contributed by atoms with Gasteiger partial charge < -0.3 is 10.6 Å². The van der Waals surface area contributed by atoms with E-state index in [4.69, 9.17) is 5.73 Å². The lowest BCUT2D eigenvalue weighted by atomic mass is 10.0. The molecule has 2 heterocycles. The molecule has 0 aliphatic carbocycles. The molecular formula is C19H18F3N5O5S. The highest BCUT2D eigenvalue weighted by atomic mass is 32.2. The average molecular weight is 485 g/mol. The van der Waals surface area contributed by atoms with Crippen LogP contribution in [0.3, 0.4) is 0 Å². The largest absolute Gasteiger partial charge is 0.501 e. The number of benzene rings is 1. The number of urea groups is 2. The predicted molar refractivity (Wildman–Crippen MR) is 110 cm³/mol. The second-order valence-electron chi connectivity index (χ2n) is 7.55. The summed E-state index contributed by atoms with van der Waals surface area (Å²) in [4.78, 5) is 41.9. The number of nitrogens with one attached hydrogen (secondary N) is 1. The minimum atomic E-state index is -5.57. The molecule has 0 saturated carbocycles. The first-order valence-corrected chi connectivity index (χ1v) is 10.7. The Morgan fingerprint density at radius 1 is 1.15 bits per heavy atom. The molecule has 5 amide bonds. The number of amides is 5. The van der Waals surface area contributed by atoms with Gasteiger partial charge in [0.1, 0.15) is 11.4 Å². The molecule has 0 atom stereocenters. The first-order valence-electron chi connectivity index (χ1n) is 9.25. The maximum Gasteiger partial charge on any atom is 0.501 e. The number of carbonyl (C=O) groups excluding carboxylic acids is 3. The average Bonchev–Trinajstić information content (AvgIpc) is 2.86. The van der Waals surface area contributed by atoms with Crippen LogP contribution in [0.2, 0.25) is 0 Å². The minimum absolute atomic E-state index is 0.0649. The van der Waals surface area contributed by atoms with Crippen molar-refractivity contribution >= 4 is 39.3 Å². The van der Waals surface area contributed by atoms with Gasteiger partial charge in [0.15, 0.2) is 0 Å². The standard InChI is InChI=1S/C19H18F3N5O5S/c1-18(2)15(28)27(12-3-5-13(6-4-12)33(31,32)19(20,21)22)17(30)26(18)10-11-7-8-24-14(9-11)25-16(23)29/h3-9H,10H2,1-2H3,(H3,23,24,25,29). The van der Waals surface area contributed by atoms with Gasteiger partial charge in [-0.2, -0.15) is 13.2 Å². The maximum atomic E-state index is 13.1. The van der Waals surface area contributed by atoms with Crippen molar-refractivity contribution < 1.29 is 36.0 Å². The Morgan fingerprint density at radius 3 is 2.30 bits per heavy atom. The van der Waals surface area contributed by atoms with Crippen LogP contribution in [0.4, 0.5) is 34.3 Å². The Labute approximate surface area is 186 Å². The van der Waals surface area contributed by atoms with Crippen molar-refractivity contribution in [1.29, 1.82) is 0 Å². The van der Waals surface area contributed by atoms with Gasteiger partial charge in [-0.1, -0.05) is 0 Å². The Hall–Kier alpha value is -3.68. The number of anilines is 2. The predicted octanol–water partition coefficient (Wildman–Crippen LogP) is 2.61. The zero-order chi connectivity index (χ0) is 24.8. The number of carbonyl (C=O) groups is 3. The number of imide groups is 1. The second-order valence-corrected chi connectivity index (χ2v) is 9.49. The Kier molecular flexibility index (Phi) is 5.83. The van der Waals surface area contributed by atoms with E-state index in [1.807, 2.05) is 0 Å². The molecule has 2 aromatic rings. The monoisotopic (exact) mass is 485 g/mol. The van der Waals surface area contributed by atoms with Gasteiger partial charge >= 0.3 is 17.6 Å². The summed E-state index contributed by atoms with van der Waals surface area (Å²) < 4.78 is 61.4. The summed E-state index contributed by atoms with van der Waals surface area (Å²) in [6, 6.07) is 4.67. The normalized spacial score (nSPS) is 16.3. The van der Waals surface area contributed by atoms with Gasteiger partial charge in [-0.3, -0.25) is 10.1 Å². The van der Waals surface area contributed by atoms with Crippen LogP contribution in [0.1, 0.15) is 19.4 Å². The van der Waals surface area contributed by atoms with Crippen LogP contribution in [0.25, 0.3) is 0 Å². The molecule has 0 radical (unpaired) electrons. The van der Waals surface area contributed by atoms with Crippen molar-refractivity contribution in [3.8, 4) is 0 Å². The molecule has 176 valence electrons. The topological polar surface area (TPSA) is 143 Å². The zero-order valence-electron chi connectivity index (χ0n) is 17.3. The third-order valence-electron chi connectivity index (χ3n) is 4.95. The van der Waals surface area contributed by atoms with E-state index in [9.17, 15) is 36.0 Å². The number of nitrogens with two attached hydrogens (primary N) is 1. The van der Waals surface area contributed by atoms with E-state index in [2.05, 4.69) is 10.3 Å². The molecule has 3 N–H and O–H groups in total. The number of aromatic nitrogens is 1. The van der Waals surface area contributed by atoms with Crippen molar-refractivity contribution in [3.63, 3.8) is 0 Å². The maximum absolute atomic E-state index is 13.1. The van der Waals surface area contributed by atoms with Gasteiger partial charge in [-0.15, -0.1) is 0 Å². The quantitative estimate of drug-likeness (QED) is 0.624. The van der Waals surface area contributed by atoms with E-state index >= 15 is 0 Å². The zero-order valence-corrected chi connectivity index (χ0v) is 18.1. The minimum Gasteiger partial charge on any atom is -0.351 e. The van der Waals surface area contributed by atoms with Crippen LogP contribution in [-0.2, 0) is 21.2 Å². The molecule has 14 heteroatoms. The second kappa shape index (κ2) is 8.03. The highest BCUT2D eigenvalue weighted by Crippen LogP contribution is 2.35. The summed E-state index contributed by atoms with van der Waals surface area (Å²) in [5.74, 6) is -0.530. The summed E-state index contributed by atoms with van der Waals surface area (Å²) >= 11 is 0. The van der Waals surface area contributed by atoms with E-state index in [1.54, 1.807) is 6.07 Å². The number of sulfone groups is 1. The molecule has 1 aromatic heterocycles. The van der Waals surface area contributed by atoms with Gasteiger partial charge in [-0.25, -0.2) is 27.9 Å². The highest BCUT2D eigenvalue weighted by Gasteiger charge is 2.52. The van der Waals surface area contributed by atoms with Crippen LogP contribution in [0.15, 0.2) is 47.5 Å². The fourth-order valence-corrected chi connectivity index (χ4v) is 3.95. The molecule has 33 heavy (non-hydrogen) atoms. The molecule has 1 aromatic carbocycles. The van der Waals surface area contributed by atoms with E-state index in [0.29, 0.717) is 17.7 Å². The lowest BCUT2D eigenvalue weighted by Gasteiger charge is -2.27. The van der Waals surface area contributed by atoms with Crippen molar-refractivity contribution in [2.75, 3.05) is 10.2 Å². The highest BCUT2D eigenvalue weighted by molar-refractivity contribution is 7.92. The number of halogens is 3. The van der Waals surface area contributed by atoms with Crippen LogP contribution in [-0.4, -0.2) is 47.3 Å². The SMILES string of the molecule is CC1(C)C(=O)N(c2ccc(S(=O)(=O)C(F)(F)F)cc2)C(=O)N1Cc1ccnc(NC(N)=O)c1. The number of primary amides is 1. The van der Waals surface area contributed by atoms with Crippen LogP contribution < -0.4 is 16.0 Å². The Morgan fingerprint density at radius 2 is 1.76 bits per heavy atom. The molecule has 1 fully saturated rings. The fourth-order valence-electron chi connectivity index (χ4n) is 3.19. The molecular weight excluding hydrogens is 467 g/mol. The van der Waals surface area contributed by atoms with Crippen molar-refractivity contribution in [2.24, 2.45) is 5.73 Å². The van der Waals surface area contributed by atoms with Gasteiger partial charge in [0, 0.05) is 12.7 Å². The van der Waals surface area contributed by atoms with Gasteiger partial charge in [0.05, 0.1) is 10.6 Å². The molecule has 0 bridgehead atoms. The Bertz CT molecular complexity index is 1230. The molecule has 1 aliphatic heterocycles. The number of rotatable bonds is 5. The number of hydrogen-bond acceptors (Lipinski definition) is 6. The van der Waals surface area contributed by atoms with E-state index < -0.39 is 43.7 Å². The number of pyridine rings is 1. The Balaban J connectivity index is 1.90. The third kappa shape index (κ3) is 4.33. The molecule has 0 spiro atoms. The van der Waals surface area contributed by atoms with Crippen molar-refractivity contribution in [1.82, 2.24) is 9.88 Å². The first-order chi connectivity index (χ1) is 15.2. The van der Waals surface area contributed by atoms with Gasteiger partial charge in [0.25, 0.3) is 15.7 Å². The van der Waals surface area contributed by atoms with Gasteiger partial charge in [0.2, 0.25) is 0 Å². The lowest BCUT2D eigenvalue weighted by Crippen LogP contribution is -2.43. The molecule has 1 saturated heterocycles. The summed E-state index contributed by atoms with van der Waals surface area (Å²) in [5, 5.41) is 2.29. The first kappa shape index (κ1) is 24.0. The van der Waals surface area contributed by atoms with E-state index in [-0.39, 0.29) is 18.1 Å². The molecule has 0 unspecified atom stereocenters. The van der Waals surface area contributed by atoms with Crippen LogP contribution in [0.5, 0.6) is 0 Å². The van der Waals surface area contributed by atoms with E-state index in [0.717, 1.165) is 17.0 Å². The lowest BCUT2D eigenvalue weighted by molar-refractivity contribution is -0.123. The number of hydrogen-bond donors (Lipinski definition) is 2. The van der Waals surface area contributed by atoms with Gasteiger partial charge in [-0.05, 0) is 55.8 Å². The summed E-state index contributed by atoms with van der Waals surface area (Å²) in [5.41, 5.74) is -1.35. The number of nitrogens with zero attached hydrogens (tertiary/aromatic N) is 3. The fraction of sp³-hybridized carbons (Fsp3) is 0.263. The van der Waals surface area contributed by atoms with Crippen LogP contribution in [0, 0.1) is 0 Å². The summed E-state index contributed by atoms with van der Waals surface area (Å²) in [6.45, 7) is 2.91. The van der Waals surface area contributed by atoms with E-state index in [1.165, 1.54) is 31.0 Å². The van der Waals surface area contributed by atoms with Crippen LogP contribution >= 0.6 is 0 Å². The summed E-state index contributed by atoms with van der Waals surface area (Å²) in [6.07, 6.45) is 1.37. The summed E-state index contributed by atoms with van der Waals surface area (Å²) in [7, 11) is -5.57. The third-order valence-corrected chi connectivity index (χ3v) is 6.45. The number of alkyl halides is 3. The molecule has 1 aliphatic rings. The molecule has 10 nitrogen and oxygen atoms in total. The smallest absolute Gasteiger partial charge is 0.351 e. The molecule has 3 rings (SSSR count). The van der Waals surface area contributed by atoms with Crippen molar-refractivity contribution in [2.45, 2.75) is 36.3 Å².